The van der Waals surface area contributed by atoms with Crippen LogP contribution >= 0.6 is 0 Å². The molecular formula is C14H17NO. The van der Waals surface area contributed by atoms with Crippen molar-refractivity contribution in [1.29, 1.82) is 0 Å². The van der Waals surface area contributed by atoms with Crippen LogP contribution in [0.15, 0.2) is 23.9 Å². The summed E-state index contributed by atoms with van der Waals surface area (Å²) < 4.78 is 0. The second-order valence-electron chi connectivity index (χ2n) is 4.54. The fraction of sp³-hybridized carbons (Fsp3) is 0.357. The largest absolute Gasteiger partial charge is 0.358 e. The van der Waals surface area contributed by atoms with Gasteiger partial charge >= 0.3 is 0 Å². The molecule has 0 saturated carbocycles. The van der Waals surface area contributed by atoms with Crippen molar-refractivity contribution >= 4 is 12.0 Å². The third-order valence-electron chi connectivity index (χ3n) is 3.10. The van der Waals surface area contributed by atoms with Gasteiger partial charge in [0.1, 0.15) is 6.29 Å². The second kappa shape index (κ2) is 4.12. The number of hydrogen-bond donors (Lipinski definition) is 1. The van der Waals surface area contributed by atoms with Gasteiger partial charge in [-0.3, -0.25) is 0 Å². The molecule has 0 aliphatic heterocycles. The van der Waals surface area contributed by atoms with Crippen molar-refractivity contribution in [3.05, 3.63) is 40.6 Å². The molecule has 0 saturated heterocycles. The summed E-state index contributed by atoms with van der Waals surface area (Å²) in [6, 6.07) is 4.31. The van der Waals surface area contributed by atoms with Gasteiger partial charge in [0.2, 0.25) is 0 Å². The van der Waals surface area contributed by atoms with Crippen LogP contribution in [0.1, 0.15) is 23.1 Å². The predicted molar refractivity (Wildman–Crippen MR) is 66.5 cm³/mol. The lowest BCUT2D eigenvalue weighted by atomic mass is 9.91. The Bertz CT molecular complexity index is 437. The molecule has 16 heavy (non-hydrogen) atoms. The van der Waals surface area contributed by atoms with E-state index < -0.39 is 0 Å². The Kier molecular flexibility index (Phi) is 2.82. The Morgan fingerprint density at radius 2 is 1.88 bits per heavy atom. The summed E-state index contributed by atoms with van der Waals surface area (Å²) in [5.41, 5.74) is 5.92. The van der Waals surface area contributed by atoms with Crippen LogP contribution in [0.2, 0.25) is 0 Å². The summed E-state index contributed by atoms with van der Waals surface area (Å²) in [7, 11) is 0. The Labute approximate surface area is 96.4 Å². The van der Waals surface area contributed by atoms with Gasteiger partial charge in [0.25, 0.3) is 0 Å². The number of carbonyl (C=O) groups is 1. The molecule has 1 N–H and O–H groups in total. The minimum absolute atomic E-state index is 0.0695. The maximum atomic E-state index is 10.7. The first-order valence-corrected chi connectivity index (χ1v) is 5.62. The van der Waals surface area contributed by atoms with Crippen LogP contribution in [0.25, 0.3) is 0 Å². The van der Waals surface area contributed by atoms with Crippen LogP contribution in [0, 0.1) is 26.7 Å². The summed E-state index contributed by atoms with van der Waals surface area (Å²) >= 11 is 0. The van der Waals surface area contributed by atoms with Crippen molar-refractivity contribution < 1.29 is 4.79 Å². The Hall–Kier alpha value is -1.57. The lowest BCUT2D eigenvalue weighted by Crippen LogP contribution is -2.21. The molecule has 2 rings (SSSR count). The topological polar surface area (TPSA) is 29.1 Å². The molecule has 1 aliphatic carbocycles. The monoisotopic (exact) mass is 215 g/mol. The van der Waals surface area contributed by atoms with Crippen molar-refractivity contribution in [2.45, 2.75) is 27.2 Å². The zero-order valence-corrected chi connectivity index (χ0v) is 10.0. The minimum atomic E-state index is 0.0695. The molecule has 2 heteroatoms. The van der Waals surface area contributed by atoms with E-state index in [9.17, 15) is 4.79 Å². The van der Waals surface area contributed by atoms with Crippen molar-refractivity contribution in [1.82, 2.24) is 0 Å². The summed E-state index contributed by atoms with van der Waals surface area (Å²) in [6.07, 6.45) is 3.97. The van der Waals surface area contributed by atoms with E-state index in [0.29, 0.717) is 0 Å². The first-order valence-electron chi connectivity index (χ1n) is 5.62. The van der Waals surface area contributed by atoms with E-state index >= 15 is 0 Å². The molecular weight excluding hydrogens is 198 g/mol. The predicted octanol–water partition coefficient (Wildman–Crippen LogP) is 3.13. The quantitative estimate of drug-likeness (QED) is 0.785. The molecule has 0 radical (unpaired) electrons. The van der Waals surface area contributed by atoms with E-state index in [2.05, 4.69) is 44.3 Å². The summed E-state index contributed by atoms with van der Waals surface area (Å²) in [4.78, 5) is 10.7. The zero-order valence-electron chi connectivity index (χ0n) is 10.0. The third-order valence-corrected chi connectivity index (χ3v) is 3.10. The average molecular weight is 215 g/mol. The molecule has 0 fully saturated rings. The summed E-state index contributed by atoms with van der Waals surface area (Å²) in [6.45, 7) is 6.29. The number of hydrogen-bond acceptors (Lipinski definition) is 2. The van der Waals surface area contributed by atoms with Crippen LogP contribution in [0.3, 0.4) is 0 Å². The highest BCUT2D eigenvalue weighted by Crippen LogP contribution is 2.30. The number of allylic oxidation sites excluding steroid dienone is 2. The molecule has 0 unspecified atom stereocenters. The summed E-state index contributed by atoms with van der Waals surface area (Å²) in [5.74, 6) is 0.0695. The normalized spacial score (nSPS) is 18.7. The Morgan fingerprint density at radius 3 is 2.31 bits per heavy atom. The van der Waals surface area contributed by atoms with Crippen molar-refractivity contribution in [2.24, 2.45) is 5.92 Å². The molecule has 1 aliphatic rings. The van der Waals surface area contributed by atoms with E-state index in [1.165, 1.54) is 16.7 Å². The number of benzene rings is 1. The fourth-order valence-corrected chi connectivity index (χ4v) is 2.17. The van der Waals surface area contributed by atoms with Gasteiger partial charge in [-0.2, -0.15) is 0 Å². The van der Waals surface area contributed by atoms with Gasteiger partial charge in [-0.05, 0) is 38.3 Å². The van der Waals surface area contributed by atoms with Crippen molar-refractivity contribution in [3.63, 3.8) is 0 Å². The van der Waals surface area contributed by atoms with Gasteiger partial charge in [0, 0.05) is 11.4 Å². The smallest absolute Gasteiger partial charge is 0.129 e. The molecule has 2 nitrogen and oxygen atoms in total. The average Bonchev–Trinajstić information content (AvgIpc) is 2.15. The number of anilines is 1. The standard InChI is InChI=1S/C14H17NO/c1-9-6-10(2)14(11(3)7-9)15-13-5-4-12(13)8-16/h5-8,12,15H,4H2,1-3H3/t12-/m1/s1. The molecule has 1 aromatic carbocycles. The van der Waals surface area contributed by atoms with E-state index in [-0.39, 0.29) is 5.92 Å². The number of aryl methyl sites for hydroxylation is 3. The van der Waals surface area contributed by atoms with Crippen LogP contribution in [-0.4, -0.2) is 6.29 Å². The highest BCUT2D eigenvalue weighted by Gasteiger charge is 2.21. The van der Waals surface area contributed by atoms with Gasteiger partial charge in [-0.25, -0.2) is 0 Å². The van der Waals surface area contributed by atoms with Gasteiger partial charge in [-0.15, -0.1) is 0 Å². The number of nitrogens with one attached hydrogen (secondary N) is 1. The van der Waals surface area contributed by atoms with E-state index in [0.717, 1.165) is 24.1 Å². The molecule has 0 aromatic heterocycles. The molecule has 0 bridgehead atoms. The lowest BCUT2D eigenvalue weighted by molar-refractivity contribution is -0.110. The van der Waals surface area contributed by atoms with E-state index in [1.807, 2.05) is 0 Å². The van der Waals surface area contributed by atoms with Crippen LogP contribution in [0.5, 0.6) is 0 Å². The Morgan fingerprint density at radius 1 is 1.25 bits per heavy atom. The maximum Gasteiger partial charge on any atom is 0.129 e. The van der Waals surface area contributed by atoms with Crippen molar-refractivity contribution in [2.75, 3.05) is 5.32 Å². The maximum absolute atomic E-state index is 10.7. The van der Waals surface area contributed by atoms with Gasteiger partial charge in [0.15, 0.2) is 0 Å². The molecule has 0 spiro atoms. The molecule has 1 aromatic rings. The van der Waals surface area contributed by atoms with Crippen LogP contribution in [0.4, 0.5) is 5.69 Å². The number of rotatable bonds is 3. The second-order valence-corrected chi connectivity index (χ2v) is 4.54. The molecule has 0 heterocycles. The SMILES string of the molecule is Cc1cc(C)c(NC2=CC[C@@H]2C=O)c(C)c1. The fourth-order valence-electron chi connectivity index (χ4n) is 2.17. The number of aldehydes is 1. The van der Waals surface area contributed by atoms with Gasteiger partial charge < -0.3 is 10.1 Å². The number of carbonyl (C=O) groups excluding carboxylic acids is 1. The van der Waals surface area contributed by atoms with Gasteiger partial charge in [-0.1, -0.05) is 23.8 Å². The molecule has 0 amide bonds. The lowest BCUT2D eigenvalue weighted by Gasteiger charge is -2.25. The minimum Gasteiger partial charge on any atom is -0.358 e. The van der Waals surface area contributed by atoms with Crippen LogP contribution in [-0.2, 0) is 4.79 Å². The van der Waals surface area contributed by atoms with Crippen LogP contribution < -0.4 is 5.32 Å². The first kappa shape index (κ1) is 10.9. The van der Waals surface area contributed by atoms with Crippen molar-refractivity contribution in [3.8, 4) is 0 Å². The molecule has 84 valence electrons. The summed E-state index contributed by atoms with van der Waals surface area (Å²) in [5, 5.41) is 3.37. The van der Waals surface area contributed by atoms with E-state index in [4.69, 9.17) is 0 Å². The Balaban J connectivity index is 2.25. The van der Waals surface area contributed by atoms with Gasteiger partial charge in [0.05, 0.1) is 5.92 Å². The highest BCUT2D eigenvalue weighted by molar-refractivity contribution is 5.69. The highest BCUT2D eigenvalue weighted by atomic mass is 16.1. The first-order chi connectivity index (χ1) is 7.61. The molecule has 1 atom stereocenters. The third kappa shape index (κ3) is 1.87. The van der Waals surface area contributed by atoms with E-state index in [1.54, 1.807) is 0 Å². The zero-order chi connectivity index (χ0) is 11.7.